The molecule has 40 heavy (non-hydrogen) atoms. The molecule has 14 heteroatoms. The largest absolute Gasteiger partial charge is 0.480 e. The number of carbonyl (C=O) groups is 4. The molecule has 0 aromatic carbocycles. The lowest BCUT2D eigenvalue weighted by molar-refractivity contribution is -0.143. The minimum Gasteiger partial charge on any atom is -0.480 e. The van der Waals surface area contributed by atoms with Gasteiger partial charge in [0, 0.05) is 6.54 Å². The van der Waals surface area contributed by atoms with Gasteiger partial charge in [-0.1, -0.05) is 45.6 Å². The molecule has 1 saturated carbocycles. The van der Waals surface area contributed by atoms with E-state index in [1.807, 2.05) is 20.8 Å². The van der Waals surface area contributed by atoms with Crippen LogP contribution in [0.3, 0.4) is 0 Å². The highest BCUT2D eigenvalue weighted by Crippen LogP contribution is 2.27. The van der Waals surface area contributed by atoms with Crippen LogP contribution in [-0.4, -0.2) is 88.4 Å². The van der Waals surface area contributed by atoms with E-state index in [2.05, 4.69) is 32.0 Å². The van der Waals surface area contributed by atoms with Crippen molar-refractivity contribution in [1.82, 2.24) is 20.7 Å². The molecule has 2 unspecified atom stereocenters. The fraction of sp³-hybridized carbons (Fsp3) is 0.769. The van der Waals surface area contributed by atoms with Gasteiger partial charge in [0.2, 0.25) is 21.8 Å². The summed E-state index contributed by atoms with van der Waals surface area (Å²) in [6, 6.07) is -3.30. The Morgan fingerprint density at radius 3 is 2.10 bits per heavy atom. The van der Waals surface area contributed by atoms with Crippen molar-refractivity contribution in [2.75, 3.05) is 33.0 Å². The van der Waals surface area contributed by atoms with E-state index in [1.54, 1.807) is 6.08 Å². The Hall–Kier alpha value is -2.55. The van der Waals surface area contributed by atoms with Crippen molar-refractivity contribution in [2.24, 2.45) is 11.7 Å². The lowest BCUT2D eigenvalue weighted by atomic mass is 9.83. The zero-order chi connectivity index (χ0) is 31.1. The number of hydrogen-bond donors (Lipinski definition) is 6. The van der Waals surface area contributed by atoms with Crippen molar-refractivity contribution in [3.8, 4) is 0 Å². The van der Waals surface area contributed by atoms with Crippen LogP contribution in [-0.2, 0) is 33.9 Å². The molecule has 234 valence electrons. The molecular formula is C26H51N5O8S. The lowest BCUT2D eigenvalue weighted by Crippen LogP contribution is -2.58. The Balaban J connectivity index is 0. The second-order valence-corrected chi connectivity index (χ2v) is 10.9. The molecule has 0 aromatic heterocycles. The molecule has 2 amide bonds. The van der Waals surface area contributed by atoms with E-state index in [0.29, 0.717) is 32.2 Å². The van der Waals surface area contributed by atoms with E-state index >= 15 is 0 Å². The first kappa shape index (κ1) is 39.6. The molecule has 1 rings (SSSR count). The van der Waals surface area contributed by atoms with E-state index in [1.165, 1.54) is 7.11 Å². The van der Waals surface area contributed by atoms with E-state index in [0.717, 1.165) is 25.5 Å². The summed E-state index contributed by atoms with van der Waals surface area (Å²) < 4.78 is 30.1. The number of hydrogen-bond acceptors (Lipinski definition) is 9. The molecule has 0 aliphatic heterocycles. The molecule has 3 atom stereocenters. The number of ether oxygens (including phenoxy) is 1. The third-order valence-corrected chi connectivity index (χ3v) is 6.53. The molecule has 0 spiro atoms. The van der Waals surface area contributed by atoms with Gasteiger partial charge in [0.15, 0.2) is 0 Å². The monoisotopic (exact) mass is 593 g/mol. The van der Waals surface area contributed by atoms with Crippen molar-refractivity contribution in [3.05, 3.63) is 12.7 Å². The second-order valence-electron chi connectivity index (χ2n) is 9.11. The minimum absolute atomic E-state index is 0.144. The Morgan fingerprint density at radius 2 is 1.62 bits per heavy atom. The van der Waals surface area contributed by atoms with Crippen LogP contribution in [0.4, 0.5) is 0 Å². The smallest absolute Gasteiger partial charge is 0.325 e. The number of nitrogens with two attached hydrogens (primary N) is 1. The molecule has 1 aliphatic rings. The van der Waals surface area contributed by atoms with Crippen LogP contribution in [0.25, 0.3) is 0 Å². The van der Waals surface area contributed by atoms with Gasteiger partial charge in [-0.25, -0.2) is 13.1 Å². The van der Waals surface area contributed by atoms with Crippen molar-refractivity contribution in [3.63, 3.8) is 0 Å². The standard InChI is InChI=1S/C21H39N5O8S.C3H6.C2H6/c1-34-17(27)13-24-20(29)18(14-8-4-3-5-9-14)25-16(21(30)31)12-23-19(28)15(10-6-7-11-22)26-35(2,32)33;1-3-2;1-2/h14-16,18,25-26H,3-13,22H2,1-2H3,(H,23,28)(H,24,29)(H,30,31);3H,1H2,2H3;1-2H3/t15?,16-,18?;;/m0../s1. The number of carboxylic acid groups (broad SMARTS) is 1. The van der Waals surface area contributed by atoms with Gasteiger partial charge in [0.05, 0.1) is 19.4 Å². The SMILES string of the molecule is C=CC.CC.COC(=O)CNC(=O)C(N[C@@H](CNC(=O)C(CCCCN)NS(C)(=O)=O)C(=O)O)C1CCCCC1. The maximum atomic E-state index is 12.8. The molecule has 0 heterocycles. The van der Waals surface area contributed by atoms with Crippen LogP contribution in [0.1, 0.15) is 72.1 Å². The zero-order valence-corrected chi connectivity index (χ0v) is 25.5. The van der Waals surface area contributed by atoms with Gasteiger partial charge in [-0.05, 0) is 45.1 Å². The predicted molar refractivity (Wildman–Crippen MR) is 155 cm³/mol. The Kier molecular flexibility index (Phi) is 22.9. The van der Waals surface area contributed by atoms with Gasteiger partial charge < -0.3 is 26.2 Å². The summed E-state index contributed by atoms with van der Waals surface area (Å²) in [6.45, 7) is 8.91. The Labute approximate surface area is 239 Å². The summed E-state index contributed by atoms with van der Waals surface area (Å²) in [5.41, 5.74) is 5.46. The molecule has 0 bridgehead atoms. The molecular weight excluding hydrogens is 542 g/mol. The highest BCUT2D eigenvalue weighted by molar-refractivity contribution is 7.88. The van der Waals surface area contributed by atoms with Gasteiger partial charge in [-0.15, -0.1) is 6.58 Å². The number of nitrogens with one attached hydrogen (secondary N) is 4. The topological polar surface area (TPSA) is 206 Å². The summed E-state index contributed by atoms with van der Waals surface area (Å²) in [4.78, 5) is 48.8. The van der Waals surface area contributed by atoms with Crippen LogP contribution in [0.2, 0.25) is 0 Å². The van der Waals surface area contributed by atoms with Crippen LogP contribution in [0, 0.1) is 5.92 Å². The fourth-order valence-electron chi connectivity index (χ4n) is 3.99. The predicted octanol–water partition coefficient (Wildman–Crippen LogP) is 0.649. The number of unbranched alkanes of at least 4 members (excludes halogenated alkanes) is 1. The number of carboxylic acids is 1. The summed E-state index contributed by atoms with van der Waals surface area (Å²) in [5, 5.41) is 17.5. The highest BCUT2D eigenvalue weighted by Gasteiger charge is 2.34. The summed E-state index contributed by atoms with van der Waals surface area (Å²) in [6.07, 6.45) is 8.20. The quantitative estimate of drug-likeness (QED) is 0.0837. The zero-order valence-electron chi connectivity index (χ0n) is 24.7. The molecule has 0 radical (unpaired) electrons. The number of methoxy groups -OCH3 is 1. The number of carbonyl (C=O) groups excluding carboxylic acids is 3. The molecule has 1 fully saturated rings. The first-order chi connectivity index (χ1) is 18.9. The first-order valence-corrected chi connectivity index (χ1v) is 15.6. The van der Waals surface area contributed by atoms with Gasteiger partial charge in [0.1, 0.15) is 18.6 Å². The maximum absolute atomic E-state index is 12.8. The average molecular weight is 594 g/mol. The van der Waals surface area contributed by atoms with Gasteiger partial charge in [-0.2, -0.15) is 0 Å². The fourth-order valence-corrected chi connectivity index (χ4v) is 4.73. The van der Waals surface area contributed by atoms with E-state index < -0.39 is 51.9 Å². The number of esters is 1. The van der Waals surface area contributed by atoms with Crippen LogP contribution in [0.5, 0.6) is 0 Å². The van der Waals surface area contributed by atoms with Crippen molar-refractivity contribution < 1.29 is 37.4 Å². The number of aliphatic carboxylic acids is 1. The Morgan fingerprint density at radius 1 is 1.05 bits per heavy atom. The van der Waals surface area contributed by atoms with Crippen LogP contribution >= 0.6 is 0 Å². The summed E-state index contributed by atoms with van der Waals surface area (Å²) in [7, 11) is -2.49. The summed E-state index contributed by atoms with van der Waals surface area (Å²) in [5.74, 6) is -3.28. The highest BCUT2D eigenvalue weighted by atomic mass is 32.2. The van der Waals surface area contributed by atoms with Crippen molar-refractivity contribution in [1.29, 1.82) is 0 Å². The minimum atomic E-state index is -3.69. The maximum Gasteiger partial charge on any atom is 0.325 e. The van der Waals surface area contributed by atoms with Gasteiger partial charge in [-0.3, -0.25) is 24.5 Å². The molecule has 7 N–H and O–H groups in total. The van der Waals surface area contributed by atoms with Crippen LogP contribution < -0.4 is 26.4 Å². The normalized spacial score (nSPS) is 15.4. The molecule has 1 aliphatic carbocycles. The van der Waals surface area contributed by atoms with Gasteiger partial charge >= 0.3 is 11.9 Å². The van der Waals surface area contributed by atoms with E-state index in [4.69, 9.17) is 5.73 Å². The number of amides is 2. The first-order valence-electron chi connectivity index (χ1n) is 13.8. The number of allylic oxidation sites excluding steroid dienone is 1. The van der Waals surface area contributed by atoms with Crippen molar-refractivity contribution in [2.45, 2.75) is 90.3 Å². The average Bonchev–Trinajstić information content (AvgIpc) is 2.92. The molecule has 0 saturated heterocycles. The Bertz CT molecular complexity index is 863. The molecule has 0 aromatic rings. The van der Waals surface area contributed by atoms with E-state index in [9.17, 15) is 32.7 Å². The lowest BCUT2D eigenvalue weighted by Gasteiger charge is -2.32. The number of sulfonamides is 1. The second kappa shape index (κ2) is 23.2. The van der Waals surface area contributed by atoms with Crippen molar-refractivity contribution >= 4 is 33.8 Å². The number of rotatable bonds is 16. The third kappa shape index (κ3) is 18.7. The summed E-state index contributed by atoms with van der Waals surface area (Å²) >= 11 is 0. The van der Waals surface area contributed by atoms with Gasteiger partial charge in [0.25, 0.3) is 0 Å². The van der Waals surface area contributed by atoms with E-state index in [-0.39, 0.29) is 25.4 Å². The third-order valence-electron chi connectivity index (χ3n) is 5.82. The van der Waals surface area contributed by atoms with Crippen LogP contribution in [0.15, 0.2) is 12.7 Å². The molecule has 13 nitrogen and oxygen atoms in total.